The van der Waals surface area contributed by atoms with Gasteiger partial charge in [-0.05, 0) is 13.0 Å². The summed E-state index contributed by atoms with van der Waals surface area (Å²) in [6, 6.07) is 1.02. The summed E-state index contributed by atoms with van der Waals surface area (Å²) in [5.74, 6) is -1.99. The molecule has 0 aliphatic carbocycles. The first-order valence-electron chi connectivity index (χ1n) is 5.60. The third-order valence-corrected chi connectivity index (χ3v) is 2.93. The van der Waals surface area contributed by atoms with Gasteiger partial charge < -0.3 is 18.8 Å². The summed E-state index contributed by atoms with van der Waals surface area (Å²) in [4.78, 5) is 35.2. The summed E-state index contributed by atoms with van der Waals surface area (Å²) in [6.07, 6.45) is 0. The van der Waals surface area contributed by atoms with Crippen LogP contribution in [0.25, 0.3) is 0 Å². The van der Waals surface area contributed by atoms with Crippen LogP contribution in [0, 0.1) is 0 Å². The molecule has 0 spiro atoms. The quantitative estimate of drug-likeness (QED) is 0.582. The molecule has 0 saturated heterocycles. The molecule has 2 heterocycles. The van der Waals surface area contributed by atoms with Gasteiger partial charge in [0.05, 0.1) is 25.8 Å². The molecule has 0 N–H and O–H groups in total. The van der Waals surface area contributed by atoms with Crippen LogP contribution in [0.4, 0.5) is 0 Å². The van der Waals surface area contributed by atoms with Gasteiger partial charge in [-0.25, -0.2) is 14.4 Å². The van der Waals surface area contributed by atoms with E-state index in [1.807, 2.05) is 0 Å². The molecule has 7 heteroatoms. The Kier molecular flexibility index (Phi) is 3.28. The Hall–Kier alpha value is -2.31. The van der Waals surface area contributed by atoms with Crippen molar-refractivity contribution in [2.24, 2.45) is 0 Å². The van der Waals surface area contributed by atoms with Crippen LogP contribution in [0.5, 0.6) is 0 Å². The lowest BCUT2D eigenvalue weighted by Crippen LogP contribution is -2.29. The molecule has 0 fully saturated rings. The van der Waals surface area contributed by atoms with Crippen LogP contribution in [-0.4, -0.2) is 43.3 Å². The lowest BCUT2D eigenvalue weighted by atomic mass is 10.2. The highest BCUT2D eigenvalue weighted by Crippen LogP contribution is 2.27. The molecule has 19 heavy (non-hydrogen) atoms. The van der Waals surface area contributed by atoms with E-state index in [9.17, 15) is 14.4 Å². The van der Waals surface area contributed by atoms with E-state index in [0.717, 1.165) is 0 Å². The first kappa shape index (κ1) is 13.1. The zero-order valence-corrected chi connectivity index (χ0v) is 10.8. The van der Waals surface area contributed by atoms with E-state index < -0.39 is 17.9 Å². The lowest BCUT2D eigenvalue weighted by Gasteiger charge is -2.23. The topological polar surface area (TPSA) is 83.8 Å². The van der Waals surface area contributed by atoms with Crippen LogP contribution in [0.1, 0.15) is 44.3 Å². The van der Waals surface area contributed by atoms with E-state index >= 15 is 0 Å². The van der Waals surface area contributed by atoms with Gasteiger partial charge in [-0.1, -0.05) is 0 Å². The number of hydrogen-bond acceptors (Lipinski definition) is 6. The smallest absolute Gasteiger partial charge is 0.355 e. The maximum absolute atomic E-state index is 11.8. The monoisotopic (exact) mass is 267 g/mol. The van der Waals surface area contributed by atoms with Crippen molar-refractivity contribution in [3.05, 3.63) is 23.0 Å². The Bertz CT molecular complexity index is 559. The summed E-state index contributed by atoms with van der Waals surface area (Å²) >= 11 is 0. The fraction of sp³-hybridized carbons (Fsp3) is 0.417. The van der Waals surface area contributed by atoms with Gasteiger partial charge in [-0.2, -0.15) is 0 Å². The number of fused-ring (bicyclic) bond motifs is 1. The number of carbonyl (C=O) groups excluding carboxylic acids is 3. The number of cyclic esters (lactones) is 1. The van der Waals surface area contributed by atoms with Crippen LogP contribution in [0.15, 0.2) is 6.07 Å². The highest BCUT2D eigenvalue weighted by atomic mass is 16.5. The Labute approximate surface area is 109 Å². The summed E-state index contributed by atoms with van der Waals surface area (Å²) in [7, 11) is 2.40. The van der Waals surface area contributed by atoms with Crippen LogP contribution in [-0.2, 0) is 14.2 Å². The Morgan fingerprint density at radius 3 is 2.53 bits per heavy atom. The second kappa shape index (κ2) is 4.75. The molecule has 1 aromatic rings. The molecule has 0 aromatic carbocycles. The van der Waals surface area contributed by atoms with Crippen molar-refractivity contribution in [3.8, 4) is 0 Å². The minimum absolute atomic E-state index is 0.00458. The lowest BCUT2D eigenvalue weighted by molar-refractivity contribution is 0.0356. The van der Waals surface area contributed by atoms with Crippen molar-refractivity contribution in [2.75, 3.05) is 20.8 Å². The predicted octanol–water partition coefficient (Wildman–Crippen LogP) is 0.793. The number of nitrogens with zero attached hydrogens (tertiary/aromatic N) is 1. The van der Waals surface area contributed by atoms with Gasteiger partial charge in [0, 0.05) is 0 Å². The van der Waals surface area contributed by atoms with Crippen molar-refractivity contribution in [3.63, 3.8) is 0 Å². The van der Waals surface area contributed by atoms with Crippen molar-refractivity contribution in [2.45, 2.75) is 13.0 Å². The largest absolute Gasteiger partial charge is 0.465 e. The molecular formula is C12H13NO6. The van der Waals surface area contributed by atoms with Crippen molar-refractivity contribution in [1.82, 2.24) is 4.57 Å². The van der Waals surface area contributed by atoms with Crippen molar-refractivity contribution < 1.29 is 28.6 Å². The number of esters is 3. The Balaban J connectivity index is 2.69. The molecule has 0 saturated carbocycles. The molecule has 102 valence electrons. The normalized spacial score (nSPS) is 17.4. The van der Waals surface area contributed by atoms with Gasteiger partial charge in [0.25, 0.3) is 0 Å². The fourth-order valence-corrected chi connectivity index (χ4v) is 2.06. The Morgan fingerprint density at radius 1 is 1.32 bits per heavy atom. The highest BCUT2D eigenvalue weighted by Gasteiger charge is 2.34. The molecule has 1 aliphatic rings. The maximum Gasteiger partial charge on any atom is 0.355 e. The van der Waals surface area contributed by atoms with E-state index in [1.54, 1.807) is 6.92 Å². The molecular weight excluding hydrogens is 254 g/mol. The van der Waals surface area contributed by atoms with Crippen molar-refractivity contribution in [1.29, 1.82) is 0 Å². The third kappa shape index (κ3) is 1.96. The predicted molar refractivity (Wildman–Crippen MR) is 62.1 cm³/mol. The number of rotatable bonds is 2. The van der Waals surface area contributed by atoms with Crippen LogP contribution in [0.3, 0.4) is 0 Å². The molecule has 1 aromatic heterocycles. The average molecular weight is 267 g/mol. The number of hydrogen-bond donors (Lipinski definition) is 0. The summed E-state index contributed by atoms with van der Waals surface area (Å²) in [6.45, 7) is 1.90. The number of methoxy groups -OCH3 is 2. The average Bonchev–Trinajstić information content (AvgIpc) is 2.82. The van der Waals surface area contributed by atoms with E-state index in [1.165, 1.54) is 24.9 Å². The van der Waals surface area contributed by atoms with Crippen LogP contribution >= 0.6 is 0 Å². The van der Waals surface area contributed by atoms with E-state index in [4.69, 9.17) is 4.74 Å². The molecule has 7 nitrogen and oxygen atoms in total. The standard InChI is InChI=1S/C12H13NO6/c1-6-5-19-11(15)8-4-7(10(14)17-2)9(13(6)8)12(16)18-3/h4,6H,5H2,1-3H3/t6-/m0/s1. The molecule has 2 rings (SSSR count). The van der Waals surface area contributed by atoms with Crippen molar-refractivity contribution >= 4 is 17.9 Å². The number of aromatic nitrogens is 1. The van der Waals surface area contributed by atoms with E-state index in [-0.39, 0.29) is 29.6 Å². The number of carbonyl (C=O) groups is 3. The third-order valence-electron chi connectivity index (χ3n) is 2.93. The van der Waals surface area contributed by atoms with Gasteiger partial charge >= 0.3 is 17.9 Å². The highest BCUT2D eigenvalue weighted by molar-refractivity contribution is 6.05. The van der Waals surface area contributed by atoms with E-state index in [2.05, 4.69) is 9.47 Å². The summed E-state index contributed by atoms with van der Waals surface area (Å²) in [5, 5.41) is 0. The first-order valence-corrected chi connectivity index (χ1v) is 5.60. The molecule has 0 bridgehead atoms. The summed E-state index contributed by atoms with van der Waals surface area (Å²) in [5.41, 5.74) is 0.142. The number of ether oxygens (including phenoxy) is 3. The van der Waals surface area contributed by atoms with Crippen LogP contribution in [0.2, 0.25) is 0 Å². The second-order valence-corrected chi connectivity index (χ2v) is 4.09. The van der Waals surface area contributed by atoms with Gasteiger partial charge in [0.15, 0.2) is 0 Å². The Morgan fingerprint density at radius 2 is 1.95 bits per heavy atom. The zero-order chi connectivity index (χ0) is 14.2. The van der Waals surface area contributed by atoms with Gasteiger partial charge in [0.2, 0.25) is 0 Å². The first-order chi connectivity index (χ1) is 9.01. The molecule has 1 aliphatic heterocycles. The minimum atomic E-state index is -0.706. The second-order valence-electron chi connectivity index (χ2n) is 4.09. The molecule has 0 amide bonds. The van der Waals surface area contributed by atoms with Crippen LogP contribution < -0.4 is 0 Å². The molecule has 0 radical (unpaired) electrons. The minimum Gasteiger partial charge on any atom is -0.465 e. The molecule has 1 atom stereocenters. The van der Waals surface area contributed by atoms with Gasteiger partial charge in [-0.15, -0.1) is 0 Å². The van der Waals surface area contributed by atoms with Gasteiger partial charge in [-0.3, -0.25) is 0 Å². The van der Waals surface area contributed by atoms with Gasteiger partial charge in [0.1, 0.15) is 18.0 Å². The zero-order valence-electron chi connectivity index (χ0n) is 10.8. The molecule has 0 unspecified atom stereocenters. The maximum atomic E-state index is 11.8. The van der Waals surface area contributed by atoms with E-state index in [0.29, 0.717) is 0 Å². The summed E-state index contributed by atoms with van der Waals surface area (Å²) < 4.78 is 15.7. The fourth-order valence-electron chi connectivity index (χ4n) is 2.06. The SMILES string of the molecule is COC(=O)c1cc2n(c1C(=O)OC)[C@@H](C)COC2=O.